The molecule has 0 bridgehead atoms. The highest BCUT2D eigenvalue weighted by Crippen LogP contribution is 2.30. The van der Waals surface area contributed by atoms with Gasteiger partial charge in [-0.25, -0.2) is 23.3 Å². The fourth-order valence-corrected chi connectivity index (χ4v) is 4.14. The van der Waals surface area contributed by atoms with Crippen molar-refractivity contribution in [2.24, 2.45) is 5.16 Å². The summed E-state index contributed by atoms with van der Waals surface area (Å²) in [5.74, 6) is -1.23. The lowest BCUT2D eigenvalue weighted by atomic mass is 9.95. The van der Waals surface area contributed by atoms with Crippen LogP contribution in [0, 0.1) is 5.82 Å². The van der Waals surface area contributed by atoms with Gasteiger partial charge in [0.1, 0.15) is 11.9 Å². The molecule has 31 heavy (non-hydrogen) atoms. The van der Waals surface area contributed by atoms with Crippen molar-refractivity contribution in [3.05, 3.63) is 47.9 Å². The third kappa shape index (κ3) is 4.52. The second-order valence-corrected chi connectivity index (χ2v) is 9.85. The lowest BCUT2D eigenvalue weighted by Gasteiger charge is -2.26. The van der Waals surface area contributed by atoms with Crippen molar-refractivity contribution in [2.45, 2.75) is 30.6 Å². The largest absolute Gasteiger partial charge is 0.481 e. The molecule has 0 fully saturated rings. The zero-order valence-electron chi connectivity index (χ0n) is 17.1. The monoisotopic (exact) mass is 451 g/mol. The molecule has 1 amide bonds. The van der Waals surface area contributed by atoms with E-state index in [1.165, 1.54) is 25.6 Å². The fourth-order valence-electron chi connectivity index (χ4n) is 3.27. The maximum absolute atomic E-state index is 14.1. The Labute approximate surface area is 178 Å². The number of oxime groups is 1. The SMILES string of the molecule is COc1cc(-c2ccc(C3=NOC(CC(C)(C(=O)NO)S(C)(=O)=O)C3)cc2)c(F)cn1. The number of sulfone groups is 1. The predicted molar refractivity (Wildman–Crippen MR) is 110 cm³/mol. The molecule has 1 aromatic carbocycles. The van der Waals surface area contributed by atoms with E-state index in [9.17, 15) is 17.6 Å². The molecule has 1 aliphatic rings. The van der Waals surface area contributed by atoms with Gasteiger partial charge >= 0.3 is 0 Å². The molecule has 166 valence electrons. The van der Waals surface area contributed by atoms with Gasteiger partial charge in [0.25, 0.3) is 5.91 Å². The molecule has 11 heteroatoms. The van der Waals surface area contributed by atoms with Gasteiger partial charge in [-0.1, -0.05) is 29.4 Å². The number of hydrogen-bond acceptors (Lipinski definition) is 8. The average Bonchev–Trinajstić information content (AvgIpc) is 3.21. The van der Waals surface area contributed by atoms with Crippen LogP contribution in [-0.2, 0) is 19.5 Å². The van der Waals surface area contributed by atoms with Crippen molar-refractivity contribution in [3.63, 3.8) is 0 Å². The van der Waals surface area contributed by atoms with Crippen molar-refractivity contribution in [2.75, 3.05) is 13.4 Å². The molecule has 9 nitrogen and oxygen atoms in total. The minimum absolute atomic E-state index is 0.189. The van der Waals surface area contributed by atoms with E-state index >= 15 is 0 Å². The number of nitrogens with zero attached hydrogens (tertiary/aromatic N) is 2. The second-order valence-electron chi connectivity index (χ2n) is 7.40. The first kappa shape index (κ1) is 22.6. The fraction of sp³-hybridized carbons (Fsp3) is 0.350. The lowest BCUT2D eigenvalue weighted by molar-refractivity contribution is -0.132. The molecule has 1 aromatic heterocycles. The van der Waals surface area contributed by atoms with Crippen LogP contribution in [0.15, 0.2) is 41.7 Å². The number of nitrogens with one attached hydrogen (secondary N) is 1. The lowest BCUT2D eigenvalue weighted by Crippen LogP contribution is -2.51. The van der Waals surface area contributed by atoms with Crippen LogP contribution in [0.2, 0.25) is 0 Å². The number of aromatic nitrogens is 1. The quantitative estimate of drug-likeness (QED) is 0.487. The minimum Gasteiger partial charge on any atom is -0.481 e. The van der Waals surface area contributed by atoms with Gasteiger partial charge in [0, 0.05) is 30.7 Å². The van der Waals surface area contributed by atoms with Crippen molar-refractivity contribution in [3.8, 4) is 17.0 Å². The number of carbonyl (C=O) groups is 1. The Hall–Kier alpha value is -3.05. The Morgan fingerprint density at radius 3 is 2.58 bits per heavy atom. The molecular formula is C20H22FN3O6S. The number of benzene rings is 1. The van der Waals surface area contributed by atoms with Crippen LogP contribution < -0.4 is 10.2 Å². The van der Waals surface area contributed by atoms with E-state index in [-0.39, 0.29) is 18.7 Å². The smallest absolute Gasteiger partial charge is 0.264 e. The Balaban J connectivity index is 1.75. The number of amides is 1. The van der Waals surface area contributed by atoms with Crippen LogP contribution in [0.4, 0.5) is 4.39 Å². The van der Waals surface area contributed by atoms with E-state index in [0.29, 0.717) is 22.4 Å². The van der Waals surface area contributed by atoms with Crippen LogP contribution in [0.1, 0.15) is 25.3 Å². The number of hydrogen-bond donors (Lipinski definition) is 2. The van der Waals surface area contributed by atoms with E-state index in [0.717, 1.165) is 12.5 Å². The van der Waals surface area contributed by atoms with E-state index in [1.54, 1.807) is 24.3 Å². The van der Waals surface area contributed by atoms with Crippen LogP contribution in [0.3, 0.4) is 0 Å². The molecule has 2 atom stereocenters. The summed E-state index contributed by atoms with van der Waals surface area (Å²) in [4.78, 5) is 21.2. The summed E-state index contributed by atoms with van der Waals surface area (Å²) >= 11 is 0. The van der Waals surface area contributed by atoms with E-state index in [4.69, 9.17) is 14.8 Å². The van der Waals surface area contributed by atoms with Gasteiger partial charge in [-0.3, -0.25) is 10.0 Å². The number of rotatable bonds is 7. The highest BCUT2D eigenvalue weighted by molar-refractivity contribution is 7.92. The number of pyridine rings is 1. The Morgan fingerprint density at radius 2 is 2.00 bits per heavy atom. The number of carbonyl (C=O) groups excluding carboxylic acids is 1. The molecule has 0 aliphatic carbocycles. The Kier molecular flexibility index (Phi) is 6.27. The maximum atomic E-state index is 14.1. The average molecular weight is 451 g/mol. The molecule has 0 saturated heterocycles. The zero-order valence-corrected chi connectivity index (χ0v) is 17.9. The van der Waals surface area contributed by atoms with Gasteiger partial charge in [-0.2, -0.15) is 0 Å². The summed E-state index contributed by atoms with van der Waals surface area (Å²) in [6, 6.07) is 8.39. The summed E-state index contributed by atoms with van der Waals surface area (Å²) in [5.41, 5.74) is 3.62. The summed E-state index contributed by atoms with van der Waals surface area (Å²) in [6.07, 6.45) is 1.41. The summed E-state index contributed by atoms with van der Waals surface area (Å²) in [7, 11) is -2.40. The molecule has 2 heterocycles. The van der Waals surface area contributed by atoms with Crippen molar-refractivity contribution in [1.29, 1.82) is 0 Å². The van der Waals surface area contributed by atoms with Gasteiger partial charge in [-0.05, 0) is 18.1 Å². The predicted octanol–water partition coefficient (Wildman–Crippen LogP) is 2.09. The highest BCUT2D eigenvalue weighted by atomic mass is 32.2. The number of halogens is 1. The Bertz CT molecular complexity index is 1120. The van der Waals surface area contributed by atoms with Crippen molar-refractivity contribution < 1.29 is 32.4 Å². The van der Waals surface area contributed by atoms with Gasteiger partial charge in [0.15, 0.2) is 14.6 Å². The van der Waals surface area contributed by atoms with Crippen LogP contribution in [-0.4, -0.2) is 54.4 Å². The number of ether oxygens (including phenoxy) is 1. The summed E-state index contributed by atoms with van der Waals surface area (Å²) < 4.78 is 41.6. The van der Waals surface area contributed by atoms with Gasteiger partial charge in [0.05, 0.1) is 19.0 Å². The molecule has 2 unspecified atom stereocenters. The first-order chi connectivity index (χ1) is 14.6. The highest BCUT2D eigenvalue weighted by Gasteiger charge is 2.47. The number of methoxy groups -OCH3 is 1. The van der Waals surface area contributed by atoms with Crippen molar-refractivity contribution >= 4 is 21.5 Å². The third-order valence-electron chi connectivity index (χ3n) is 5.32. The minimum atomic E-state index is -3.85. The molecule has 0 radical (unpaired) electrons. The van der Waals surface area contributed by atoms with Gasteiger partial charge in [0.2, 0.25) is 5.88 Å². The second kappa shape index (κ2) is 8.60. The molecular weight excluding hydrogens is 429 g/mol. The molecule has 3 rings (SSSR count). The number of hydroxylamine groups is 1. The van der Waals surface area contributed by atoms with E-state index in [2.05, 4.69) is 10.1 Å². The summed E-state index contributed by atoms with van der Waals surface area (Å²) in [6.45, 7) is 1.22. The third-order valence-corrected chi connectivity index (χ3v) is 7.31. The molecule has 0 saturated carbocycles. The van der Waals surface area contributed by atoms with E-state index in [1.807, 2.05) is 0 Å². The van der Waals surface area contributed by atoms with E-state index < -0.39 is 32.4 Å². The first-order valence-corrected chi connectivity index (χ1v) is 11.2. The van der Waals surface area contributed by atoms with Gasteiger partial charge in [-0.15, -0.1) is 0 Å². The standard InChI is InChI=1S/C20H22FN3O6S/c1-20(19(25)23-26,31(3,27)28)10-14-8-17(24-30-14)13-6-4-12(5-7-13)15-9-18(29-2)22-11-16(15)21/h4-7,9,11,14,26H,8,10H2,1-3H3,(H,23,25). The normalized spacial score (nSPS) is 18.0. The zero-order chi connectivity index (χ0) is 22.8. The van der Waals surface area contributed by atoms with Gasteiger partial charge < -0.3 is 9.57 Å². The van der Waals surface area contributed by atoms with Crippen LogP contribution >= 0.6 is 0 Å². The molecule has 2 aromatic rings. The molecule has 2 N–H and O–H groups in total. The van der Waals surface area contributed by atoms with Crippen molar-refractivity contribution in [1.82, 2.24) is 10.5 Å². The maximum Gasteiger partial charge on any atom is 0.264 e. The summed E-state index contributed by atoms with van der Waals surface area (Å²) in [5, 5.41) is 12.9. The molecule has 0 spiro atoms. The van der Waals surface area contributed by atoms with Crippen LogP contribution in [0.25, 0.3) is 11.1 Å². The van der Waals surface area contributed by atoms with Crippen LogP contribution in [0.5, 0.6) is 5.88 Å². The topological polar surface area (TPSA) is 127 Å². The molecule has 1 aliphatic heterocycles. The first-order valence-electron chi connectivity index (χ1n) is 9.26. The Morgan fingerprint density at radius 1 is 1.35 bits per heavy atom.